The highest BCUT2D eigenvalue weighted by atomic mass is 31.2. The summed E-state index contributed by atoms with van der Waals surface area (Å²) in [5.41, 5.74) is 0. The molecule has 2 rings (SSSR count). The molecule has 11 nitrogen and oxygen atoms in total. The molecule has 3 N–H and O–H groups in total. The van der Waals surface area contributed by atoms with Crippen LogP contribution in [-0.2, 0) is 23.1 Å². The van der Waals surface area contributed by atoms with Crippen molar-refractivity contribution in [2.24, 2.45) is 9.98 Å². The Kier molecular flexibility index (Phi) is 21.2. The summed E-state index contributed by atoms with van der Waals surface area (Å²) in [7, 11) is -2.66. The Morgan fingerprint density at radius 1 is 0.857 bits per heavy atom. The smallest absolute Gasteiger partial charge is 0.379 e. The van der Waals surface area contributed by atoms with E-state index in [-0.39, 0.29) is 13.2 Å². The molecule has 0 amide bonds. The van der Waals surface area contributed by atoms with E-state index in [0.29, 0.717) is 32.3 Å². The number of hydrogen-bond donors (Lipinski definition) is 3. The van der Waals surface area contributed by atoms with Crippen molar-refractivity contribution in [3.8, 4) is 0 Å². The minimum atomic E-state index is -4.20. The van der Waals surface area contributed by atoms with Crippen LogP contribution in [0.3, 0.4) is 0 Å². The Bertz CT molecular complexity index is 787. The number of phosphoric acid groups is 1. The van der Waals surface area contributed by atoms with Crippen molar-refractivity contribution in [3.05, 3.63) is 0 Å². The maximum absolute atomic E-state index is 12.3. The Morgan fingerprint density at radius 3 is 2.05 bits per heavy atom. The number of nitrogens with zero attached hydrogens (tertiary/aromatic N) is 3. The van der Waals surface area contributed by atoms with Gasteiger partial charge >= 0.3 is 7.82 Å². The SMILES string of the molecule is CCCCCCCCCCCCCCCCCCOCC(COP(=O)(O)OCCNC1=NCCN1C1=NCCN1)OC. The molecular formula is C30H60N5O6P. The average molecular weight is 618 g/mol. The third-order valence-corrected chi connectivity index (χ3v) is 8.58. The molecule has 0 aromatic carbocycles. The molecule has 0 aliphatic carbocycles. The van der Waals surface area contributed by atoms with Gasteiger partial charge in [0.25, 0.3) is 0 Å². The van der Waals surface area contributed by atoms with Gasteiger partial charge in [-0.15, -0.1) is 0 Å². The molecule has 42 heavy (non-hydrogen) atoms. The summed E-state index contributed by atoms with van der Waals surface area (Å²) < 4.78 is 33.6. The Hall–Kier alpha value is -1.23. The predicted molar refractivity (Wildman–Crippen MR) is 170 cm³/mol. The second-order valence-corrected chi connectivity index (χ2v) is 12.7. The second-order valence-electron chi connectivity index (χ2n) is 11.2. The first-order chi connectivity index (χ1) is 20.6. The third-order valence-electron chi connectivity index (χ3n) is 7.60. The fourth-order valence-corrected chi connectivity index (χ4v) is 5.81. The van der Waals surface area contributed by atoms with E-state index in [1.165, 1.54) is 97.0 Å². The van der Waals surface area contributed by atoms with E-state index in [0.717, 1.165) is 38.4 Å². The number of nitrogens with one attached hydrogen (secondary N) is 2. The van der Waals surface area contributed by atoms with E-state index in [1.54, 1.807) is 0 Å². The van der Waals surface area contributed by atoms with Crippen molar-refractivity contribution < 1.29 is 28.0 Å². The summed E-state index contributed by atoms with van der Waals surface area (Å²) in [6, 6.07) is 0. The van der Waals surface area contributed by atoms with Gasteiger partial charge < -0.3 is 25.0 Å². The lowest BCUT2D eigenvalue weighted by molar-refractivity contribution is -0.0220. The van der Waals surface area contributed by atoms with Crippen molar-refractivity contribution >= 4 is 19.7 Å². The minimum Gasteiger partial charge on any atom is -0.379 e. The van der Waals surface area contributed by atoms with E-state index >= 15 is 0 Å². The quantitative estimate of drug-likeness (QED) is 0.0794. The Balaban J connectivity index is 1.37. The number of aliphatic imine (C=N–C) groups is 2. The van der Waals surface area contributed by atoms with Gasteiger partial charge in [0.1, 0.15) is 6.10 Å². The van der Waals surface area contributed by atoms with Crippen LogP contribution in [0.5, 0.6) is 0 Å². The highest BCUT2D eigenvalue weighted by molar-refractivity contribution is 7.47. The molecule has 0 radical (unpaired) electrons. The zero-order chi connectivity index (χ0) is 30.1. The highest BCUT2D eigenvalue weighted by Crippen LogP contribution is 2.43. The number of phosphoric ester groups is 1. The Labute approximate surface area is 255 Å². The zero-order valence-electron chi connectivity index (χ0n) is 26.5. The molecule has 2 atom stereocenters. The van der Waals surface area contributed by atoms with Crippen LogP contribution < -0.4 is 10.6 Å². The molecule has 0 aromatic rings. The fourth-order valence-electron chi connectivity index (χ4n) is 5.06. The molecule has 2 heterocycles. The van der Waals surface area contributed by atoms with E-state index in [1.807, 2.05) is 4.90 Å². The summed E-state index contributed by atoms with van der Waals surface area (Å²) in [5, 5.41) is 6.35. The van der Waals surface area contributed by atoms with Gasteiger partial charge in [-0.05, 0) is 6.42 Å². The largest absolute Gasteiger partial charge is 0.472 e. The van der Waals surface area contributed by atoms with Crippen LogP contribution in [0.2, 0.25) is 0 Å². The number of methoxy groups -OCH3 is 1. The van der Waals surface area contributed by atoms with Crippen LogP contribution in [0.15, 0.2) is 9.98 Å². The van der Waals surface area contributed by atoms with Crippen LogP contribution in [-0.4, -0.2) is 94.1 Å². The number of hydrogen-bond acceptors (Lipinski definition) is 10. The van der Waals surface area contributed by atoms with E-state index in [4.69, 9.17) is 18.5 Å². The van der Waals surface area contributed by atoms with Gasteiger partial charge in [-0.2, -0.15) is 0 Å². The first kappa shape index (κ1) is 37.0. The van der Waals surface area contributed by atoms with Crippen LogP contribution >= 0.6 is 7.82 Å². The molecule has 0 saturated heterocycles. The predicted octanol–water partition coefficient (Wildman–Crippen LogP) is 5.63. The molecule has 0 saturated carbocycles. The molecule has 12 heteroatoms. The van der Waals surface area contributed by atoms with Crippen molar-refractivity contribution in [2.75, 3.05) is 66.3 Å². The summed E-state index contributed by atoms with van der Waals surface area (Å²) >= 11 is 0. The van der Waals surface area contributed by atoms with Crippen molar-refractivity contribution in [2.45, 2.75) is 116 Å². The molecular weight excluding hydrogens is 557 g/mol. The molecule has 0 aromatic heterocycles. The lowest BCUT2D eigenvalue weighted by Crippen LogP contribution is -2.47. The maximum Gasteiger partial charge on any atom is 0.472 e. The molecule has 2 unspecified atom stereocenters. The van der Waals surface area contributed by atoms with E-state index in [2.05, 4.69) is 27.5 Å². The zero-order valence-corrected chi connectivity index (χ0v) is 27.4. The molecule has 2 aliphatic rings. The van der Waals surface area contributed by atoms with Gasteiger partial charge in [0.15, 0.2) is 0 Å². The van der Waals surface area contributed by atoms with Crippen LogP contribution in [0.4, 0.5) is 0 Å². The third kappa shape index (κ3) is 17.8. The molecule has 0 bridgehead atoms. The highest BCUT2D eigenvalue weighted by Gasteiger charge is 2.25. The van der Waals surface area contributed by atoms with Gasteiger partial charge in [0.05, 0.1) is 32.9 Å². The van der Waals surface area contributed by atoms with Crippen LogP contribution in [0, 0.1) is 0 Å². The van der Waals surface area contributed by atoms with Crippen molar-refractivity contribution in [1.82, 2.24) is 15.5 Å². The molecule has 2 aliphatic heterocycles. The maximum atomic E-state index is 12.3. The van der Waals surface area contributed by atoms with Gasteiger partial charge in [0, 0.05) is 33.4 Å². The Morgan fingerprint density at radius 2 is 1.48 bits per heavy atom. The van der Waals surface area contributed by atoms with Gasteiger partial charge in [-0.25, -0.2) is 4.57 Å². The van der Waals surface area contributed by atoms with Gasteiger partial charge in [-0.3, -0.25) is 23.9 Å². The topological polar surface area (TPSA) is 126 Å². The van der Waals surface area contributed by atoms with E-state index < -0.39 is 13.9 Å². The lowest BCUT2D eigenvalue weighted by Gasteiger charge is -2.21. The van der Waals surface area contributed by atoms with Crippen LogP contribution in [0.25, 0.3) is 0 Å². The van der Waals surface area contributed by atoms with Crippen molar-refractivity contribution in [3.63, 3.8) is 0 Å². The lowest BCUT2D eigenvalue weighted by atomic mass is 10.0. The summed E-state index contributed by atoms with van der Waals surface area (Å²) in [6.45, 7) is 6.45. The normalized spacial score (nSPS) is 17.2. The standard InChI is InChI=1S/C30H60N5O6P/c1-3-4-5-6-7-8-9-10-11-12-13-14-15-16-17-18-24-39-26-28(38-2)27-41-42(36,37)40-25-22-34-30-33-21-23-35(30)29-31-19-20-32-29/h28H,3-27H2,1-2H3,(H,31,32)(H,33,34)(H,36,37). The first-order valence-corrected chi connectivity index (χ1v) is 18.1. The average Bonchev–Trinajstić information content (AvgIpc) is 3.68. The van der Waals surface area contributed by atoms with Gasteiger partial charge in [0.2, 0.25) is 11.9 Å². The molecule has 246 valence electrons. The van der Waals surface area contributed by atoms with Crippen molar-refractivity contribution in [1.29, 1.82) is 0 Å². The number of ether oxygens (including phenoxy) is 2. The number of unbranched alkanes of at least 4 members (excludes halogenated alkanes) is 15. The fraction of sp³-hybridized carbons (Fsp3) is 0.933. The minimum absolute atomic E-state index is 0.00601. The van der Waals surface area contributed by atoms with Crippen LogP contribution in [0.1, 0.15) is 110 Å². The second kappa shape index (κ2) is 24.1. The number of guanidine groups is 2. The molecule has 0 fully saturated rings. The monoisotopic (exact) mass is 617 g/mol. The summed E-state index contributed by atoms with van der Waals surface area (Å²) in [5.74, 6) is 1.49. The summed E-state index contributed by atoms with van der Waals surface area (Å²) in [6.07, 6.45) is 21.0. The van der Waals surface area contributed by atoms with Gasteiger partial charge in [-0.1, -0.05) is 103 Å². The van der Waals surface area contributed by atoms with E-state index in [9.17, 15) is 9.46 Å². The molecule has 0 spiro atoms. The summed E-state index contributed by atoms with van der Waals surface area (Å²) in [4.78, 5) is 20.8. The number of rotatable bonds is 27. The first-order valence-electron chi connectivity index (χ1n) is 16.6.